The monoisotopic (exact) mass is 312 g/mol. The fraction of sp³-hybridized carbons (Fsp3) is 0.0588. The number of rotatable bonds is 3. The van der Waals surface area contributed by atoms with Gasteiger partial charge in [-0.1, -0.05) is 35.9 Å². The molecular formula is C17H13ClN2O2. The van der Waals surface area contributed by atoms with E-state index in [9.17, 15) is 4.79 Å². The highest BCUT2D eigenvalue weighted by Gasteiger charge is 2.10. The van der Waals surface area contributed by atoms with Gasteiger partial charge in [0.1, 0.15) is 5.82 Å². The lowest BCUT2D eigenvalue weighted by atomic mass is 10.1. The van der Waals surface area contributed by atoms with Gasteiger partial charge < -0.3 is 9.72 Å². The Balaban J connectivity index is 1.91. The van der Waals surface area contributed by atoms with E-state index in [1.165, 1.54) is 7.11 Å². The van der Waals surface area contributed by atoms with Gasteiger partial charge in [0.2, 0.25) is 0 Å². The highest BCUT2D eigenvalue weighted by atomic mass is 35.5. The zero-order chi connectivity index (χ0) is 15.5. The lowest BCUT2D eigenvalue weighted by Crippen LogP contribution is -2.00. The zero-order valence-electron chi connectivity index (χ0n) is 11.8. The van der Waals surface area contributed by atoms with Gasteiger partial charge in [0.05, 0.1) is 23.4 Å². The van der Waals surface area contributed by atoms with Gasteiger partial charge in [0, 0.05) is 17.3 Å². The summed E-state index contributed by atoms with van der Waals surface area (Å²) in [6.07, 6.45) is 1.81. The molecule has 1 heterocycles. The predicted octanol–water partition coefficient (Wildman–Crippen LogP) is 4.18. The van der Waals surface area contributed by atoms with Crippen molar-refractivity contribution in [2.24, 2.45) is 0 Å². The Morgan fingerprint density at radius 1 is 1.14 bits per heavy atom. The van der Waals surface area contributed by atoms with Crippen molar-refractivity contribution in [3.05, 3.63) is 65.3 Å². The van der Waals surface area contributed by atoms with Crippen LogP contribution in [0.4, 0.5) is 0 Å². The van der Waals surface area contributed by atoms with E-state index in [1.54, 1.807) is 12.1 Å². The third kappa shape index (κ3) is 2.73. The maximum Gasteiger partial charge on any atom is 0.337 e. The molecule has 0 radical (unpaired) electrons. The van der Waals surface area contributed by atoms with Gasteiger partial charge in [-0.3, -0.25) is 0 Å². The van der Waals surface area contributed by atoms with Crippen LogP contribution in [0.15, 0.2) is 54.7 Å². The van der Waals surface area contributed by atoms with E-state index in [-0.39, 0.29) is 5.97 Å². The molecule has 4 nitrogen and oxygen atoms in total. The summed E-state index contributed by atoms with van der Waals surface area (Å²) in [4.78, 5) is 19.1. The van der Waals surface area contributed by atoms with Gasteiger partial charge in [0.15, 0.2) is 0 Å². The van der Waals surface area contributed by atoms with Crippen LogP contribution in [0, 0.1) is 0 Å². The van der Waals surface area contributed by atoms with Crippen molar-refractivity contribution >= 4 is 17.6 Å². The van der Waals surface area contributed by atoms with Crippen molar-refractivity contribution < 1.29 is 9.53 Å². The van der Waals surface area contributed by atoms with E-state index >= 15 is 0 Å². The van der Waals surface area contributed by atoms with Gasteiger partial charge in [-0.05, 0) is 24.3 Å². The molecule has 0 saturated heterocycles. The van der Waals surface area contributed by atoms with Crippen molar-refractivity contribution in [3.63, 3.8) is 0 Å². The SMILES string of the molecule is COC(=O)c1ccc(-c2c[nH]c(-c3ccccc3Cl)n2)cc1. The van der Waals surface area contributed by atoms with Crippen molar-refractivity contribution in [3.8, 4) is 22.6 Å². The first-order chi connectivity index (χ1) is 10.7. The second kappa shape index (κ2) is 6.03. The lowest BCUT2D eigenvalue weighted by Gasteiger charge is -2.01. The average molecular weight is 313 g/mol. The van der Waals surface area contributed by atoms with Crippen LogP contribution in [0.3, 0.4) is 0 Å². The molecule has 0 unspecified atom stereocenters. The Labute approximate surface area is 132 Å². The first-order valence-electron chi connectivity index (χ1n) is 6.68. The van der Waals surface area contributed by atoms with E-state index in [4.69, 9.17) is 11.6 Å². The Hall–Kier alpha value is -2.59. The molecule has 110 valence electrons. The molecule has 0 aliphatic heterocycles. The molecule has 1 N–H and O–H groups in total. The van der Waals surface area contributed by atoms with E-state index in [0.717, 1.165) is 16.8 Å². The summed E-state index contributed by atoms with van der Waals surface area (Å²) in [5, 5.41) is 0.643. The minimum absolute atomic E-state index is 0.356. The van der Waals surface area contributed by atoms with Crippen LogP contribution < -0.4 is 0 Å². The molecule has 0 bridgehead atoms. The van der Waals surface area contributed by atoms with E-state index in [1.807, 2.05) is 42.6 Å². The van der Waals surface area contributed by atoms with Crippen LogP contribution in [0.5, 0.6) is 0 Å². The zero-order valence-corrected chi connectivity index (χ0v) is 12.6. The molecule has 0 spiro atoms. The number of ether oxygens (including phenoxy) is 1. The first kappa shape index (κ1) is 14.4. The van der Waals surface area contributed by atoms with Crippen LogP contribution in [0.1, 0.15) is 10.4 Å². The fourth-order valence-electron chi connectivity index (χ4n) is 2.16. The number of hydrogen-bond acceptors (Lipinski definition) is 3. The predicted molar refractivity (Wildman–Crippen MR) is 85.8 cm³/mol. The second-order valence-electron chi connectivity index (χ2n) is 4.68. The maximum absolute atomic E-state index is 11.4. The summed E-state index contributed by atoms with van der Waals surface area (Å²) >= 11 is 6.17. The van der Waals surface area contributed by atoms with Gasteiger partial charge in [-0.15, -0.1) is 0 Å². The molecule has 0 saturated carbocycles. The van der Waals surface area contributed by atoms with E-state index < -0.39 is 0 Å². The molecule has 3 aromatic rings. The van der Waals surface area contributed by atoms with Crippen LogP contribution >= 0.6 is 11.6 Å². The summed E-state index contributed by atoms with van der Waals surface area (Å²) in [5.41, 5.74) is 3.04. The van der Waals surface area contributed by atoms with Crippen LogP contribution in [0.25, 0.3) is 22.6 Å². The van der Waals surface area contributed by atoms with Crippen LogP contribution in [0.2, 0.25) is 5.02 Å². The summed E-state index contributed by atoms with van der Waals surface area (Å²) in [7, 11) is 1.36. The van der Waals surface area contributed by atoms with E-state index in [2.05, 4.69) is 14.7 Å². The standard InChI is InChI=1S/C17H13ClN2O2/c1-22-17(21)12-8-6-11(7-9-12)15-10-19-16(20-15)13-4-2-3-5-14(13)18/h2-10H,1H3,(H,19,20). The summed E-state index contributed by atoms with van der Waals surface area (Å²) in [6, 6.07) is 14.6. The molecule has 5 heteroatoms. The highest BCUT2D eigenvalue weighted by molar-refractivity contribution is 6.33. The smallest absolute Gasteiger partial charge is 0.337 e. The van der Waals surface area contributed by atoms with Gasteiger partial charge in [0.25, 0.3) is 0 Å². The fourth-order valence-corrected chi connectivity index (χ4v) is 2.38. The number of carbonyl (C=O) groups is 1. The number of aromatic nitrogens is 2. The number of aromatic amines is 1. The van der Waals surface area contributed by atoms with Crippen LogP contribution in [-0.2, 0) is 4.74 Å². The van der Waals surface area contributed by atoms with Gasteiger partial charge in [-0.25, -0.2) is 9.78 Å². The molecular weight excluding hydrogens is 300 g/mol. The number of halogens is 1. The number of carbonyl (C=O) groups excluding carboxylic acids is 1. The number of esters is 1. The van der Waals surface area contributed by atoms with Gasteiger partial charge in [-0.2, -0.15) is 0 Å². The number of benzene rings is 2. The molecule has 0 aliphatic rings. The number of hydrogen-bond donors (Lipinski definition) is 1. The Kier molecular flexibility index (Phi) is 3.94. The highest BCUT2D eigenvalue weighted by Crippen LogP contribution is 2.27. The quantitative estimate of drug-likeness (QED) is 0.738. The third-order valence-corrected chi connectivity index (χ3v) is 3.64. The Bertz CT molecular complexity index is 810. The number of imidazole rings is 1. The molecule has 2 aromatic carbocycles. The summed E-state index contributed by atoms with van der Waals surface area (Å²) in [5.74, 6) is 0.350. The topological polar surface area (TPSA) is 55.0 Å². The third-order valence-electron chi connectivity index (χ3n) is 3.31. The summed E-state index contributed by atoms with van der Waals surface area (Å²) in [6.45, 7) is 0. The number of nitrogens with zero attached hydrogens (tertiary/aromatic N) is 1. The Morgan fingerprint density at radius 3 is 2.55 bits per heavy atom. The normalized spacial score (nSPS) is 10.5. The largest absolute Gasteiger partial charge is 0.465 e. The van der Waals surface area contributed by atoms with Crippen LogP contribution in [-0.4, -0.2) is 23.0 Å². The van der Waals surface area contributed by atoms with Crippen molar-refractivity contribution in [2.75, 3.05) is 7.11 Å². The minimum Gasteiger partial charge on any atom is -0.465 e. The maximum atomic E-state index is 11.4. The molecule has 0 amide bonds. The number of nitrogens with one attached hydrogen (secondary N) is 1. The second-order valence-corrected chi connectivity index (χ2v) is 5.09. The number of H-pyrrole nitrogens is 1. The van der Waals surface area contributed by atoms with Crippen molar-refractivity contribution in [1.29, 1.82) is 0 Å². The van der Waals surface area contributed by atoms with Gasteiger partial charge >= 0.3 is 5.97 Å². The van der Waals surface area contributed by atoms with E-state index in [0.29, 0.717) is 16.4 Å². The molecule has 3 rings (SSSR count). The van der Waals surface area contributed by atoms with Crippen molar-refractivity contribution in [1.82, 2.24) is 9.97 Å². The molecule has 0 atom stereocenters. The summed E-state index contributed by atoms with van der Waals surface area (Å²) < 4.78 is 4.68. The molecule has 1 aromatic heterocycles. The molecule has 22 heavy (non-hydrogen) atoms. The van der Waals surface area contributed by atoms with Crippen molar-refractivity contribution in [2.45, 2.75) is 0 Å². The number of methoxy groups -OCH3 is 1. The first-order valence-corrected chi connectivity index (χ1v) is 7.06. The lowest BCUT2D eigenvalue weighted by molar-refractivity contribution is 0.0601. The molecule has 0 aliphatic carbocycles. The average Bonchev–Trinajstić information content (AvgIpc) is 3.04. The minimum atomic E-state index is -0.356. The Morgan fingerprint density at radius 2 is 1.86 bits per heavy atom. The molecule has 0 fully saturated rings.